The van der Waals surface area contributed by atoms with Crippen molar-refractivity contribution < 1.29 is 0 Å². The molecule has 3 atom stereocenters. The third kappa shape index (κ3) is 12.6. The lowest BCUT2D eigenvalue weighted by molar-refractivity contribution is 0.307. The van der Waals surface area contributed by atoms with Gasteiger partial charge in [0.15, 0.2) is 0 Å². The summed E-state index contributed by atoms with van der Waals surface area (Å²) in [5.41, 5.74) is 0. The van der Waals surface area contributed by atoms with Crippen molar-refractivity contribution in [2.45, 2.75) is 153 Å². The molecule has 0 aliphatic carbocycles. The first-order chi connectivity index (χ1) is 12.7. The van der Waals surface area contributed by atoms with Crippen LogP contribution in [0.25, 0.3) is 0 Å². The average molecular weight is 435 g/mol. The molecule has 0 fully saturated rings. The Morgan fingerprint density at radius 1 is 0.407 bits per heavy atom. The minimum Gasteiger partial charge on any atom is -0.131 e. The van der Waals surface area contributed by atoms with Crippen LogP contribution in [0.15, 0.2) is 0 Å². The number of hydrogen-bond donors (Lipinski definition) is 0. The molecule has 0 amide bonds. The van der Waals surface area contributed by atoms with Crippen LogP contribution in [0, 0.1) is 0 Å². The lowest BCUT2D eigenvalue weighted by Crippen LogP contribution is -2.39. The smallest absolute Gasteiger partial charge is 0.0133 e. The molecule has 0 aliphatic heterocycles. The van der Waals surface area contributed by atoms with E-state index in [1.807, 2.05) is 0 Å². The second-order valence-corrected chi connectivity index (χ2v) is 13.3. The van der Waals surface area contributed by atoms with E-state index in [0.29, 0.717) is 15.5 Å². The first kappa shape index (κ1) is 28.3. The van der Waals surface area contributed by atoms with Gasteiger partial charge < -0.3 is 0 Å². The molecule has 3 heteroatoms. The predicted molar refractivity (Wildman–Crippen MR) is 140 cm³/mol. The molecule has 3 unspecified atom stereocenters. The molecule has 0 spiro atoms. The molecule has 164 valence electrons. The van der Waals surface area contributed by atoms with Crippen LogP contribution in [0.4, 0.5) is 0 Å². The van der Waals surface area contributed by atoms with E-state index in [-0.39, 0.29) is 0 Å². The molecule has 0 aromatic rings. The predicted octanol–water partition coefficient (Wildman–Crippen LogP) is 9.17. The highest BCUT2D eigenvalue weighted by molar-refractivity contribution is 7.21. The van der Waals surface area contributed by atoms with Gasteiger partial charge in [-0.3, -0.25) is 0 Å². The maximum absolute atomic E-state index is 3.40. The Bertz CT molecular complexity index is 310. The summed E-state index contributed by atoms with van der Waals surface area (Å²) in [6, 6.07) is 0. The summed E-state index contributed by atoms with van der Waals surface area (Å²) in [5, 5.41) is 1.26. The molecular formula is C24H53P3. The zero-order valence-electron chi connectivity index (χ0n) is 19.5. The average Bonchev–Trinajstić information content (AvgIpc) is 2.61. The van der Waals surface area contributed by atoms with Crippen molar-refractivity contribution >= 4 is 27.7 Å². The van der Waals surface area contributed by atoms with Crippen LogP contribution in [-0.2, 0) is 0 Å². The zero-order chi connectivity index (χ0) is 20.8. The van der Waals surface area contributed by atoms with Crippen molar-refractivity contribution in [3.05, 3.63) is 0 Å². The van der Waals surface area contributed by atoms with Gasteiger partial charge in [-0.15, -0.1) is 27.7 Å². The van der Waals surface area contributed by atoms with E-state index in [4.69, 9.17) is 0 Å². The van der Waals surface area contributed by atoms with Gasteiger partial charge in [0.2, 0.25) is 0 Å². The SMILES string of the molecule is CCCCC(P)(CCCC)CC(P)(CCC)CC(P)(CCCC)CCCC. The summed E-state index contributed by atoms with van der Waals surface area (Å²) in [6.45, 7) is 11.7. The lowest BCUT2D eigenvalue weighted by atomic mass is 9.76. The summed E-state index contributed by atoms with van der Waals surface area (Å²) < 4.78 is 0. The molecule has 0 rings (SSSR count). The van der Waals surface area contributed by atoms with E-state index >= 15 is 0 Å². The van der Waals surface area contributed by atoms with Crippen LogP contribution in [0.5, 0.6) is 0 Å². The monoisotopic (exact) mass is 434 g/mol. The van der Waals surface area contributed by atoms with Crippen molar-refractivity contribution in [1.29, 1.82) is 0 Å². The van der Waals surface area contributed by atoms with Crippen LogP contribution in [0.2, 0.25) is 0 Å². The molecular weight excluding hydrogens is 381 g/mol. The third-order valence-electron chi connectivity index (χ3n) is 6.27. The van der Waals surface area contributed by atoms with Gasteiger partial charge in [-0.1, -0.05) is 92.4 Å². The Balaban J connectivity index is 5.41. The summed E-state index contributed by atoms with van der Waals surface area (Å²) in [5.74, 6) is 0. The zero-order valence-corrected chi connectivity index (χ0v) is 23.0. The van der Waals surface area contributed by atoms with E-state index in [1.165, 1.54) is 103 Å². The Kier molecular flexibility index (Phi) is 15.9. The van der Waals surface area contributed by atoms with E-state index in [2.05, 4.69) is 62.3 Å². The van der Waals surface area contributed by atoms with Crippen molar-refractivity contribution in [2.24, 2.45) is 0 Å². The maximum Gasteiger partial charge on any atom is -0.0133 e. The fourth-order valence-electron chi connectivity index (χ4n) is 4.86. The molecule has 0 aromatic carbocycles. The molecule has 0 aromatic heterocycles. The lowest BCUT2D eigenvalue weighted by Gasteiger charge is -2.45. The van der Waals surface area contributed by atoms with Gasteiger partial charge in [-0.2, -0.15) is 0 Å². The Morgan fingerprint density at radius 2 is 0.704 bits per heavy atom. The van der Waals surface area contributed by atoms with Gasteiger partial charge >= 0.3 is 0 Å². The van der Waals surface area contributed by atoms with Gasteiger partial charge in [-0.05, 0) is 60.4 Å². The number of rotatable bonds is 18. The Hall–Kier alpha value is 1.29. The van der Waals surface area contributed by atoms with E-state index < -0.39 is 0 Å². The van der Waals surface area contributed by atoms with Crippen LogP contribution >= 0.6 is 27.7 Å². The Labute approximate surface area is 180 Å². The third-order valence-corrected chi connectivity index (χ3v) is 8.53. The van der Waals surface area contributed by atoms with Gasteiger partial charge in [0.25, 0.3) is 0 Å². The van der Waals surface area contributed by atoms with E-state index in [1.54, 1.807) is 0 Å². The van der Waals surface area contributed by atoms with Crippen molar-refractivity contribution in [1.82, 2.24) is 0 Å². The van der Waals surface area contributed by atoms with Crippen LogP contribution < -0.4 is 0 Å². The number of unbranched alkanes of at least 4 members (excludes halogenated alkanes) is 4. The molecule has 0 nitrogen and oxygen atoms in total. The first-order valence-corrected chi connectivity index (χ1v) is 13.8. The van der Waals surface area contributed by atoms with Gasteiger partial charge in [0.05, 0.1) is 0 Å². The molecule has 27 heavy (non-hydrogen) atoms. The molecule has 0 saturated carbocycles. The Morgan fingerprint density at radius 3 is 0.926 bits per heavy atom. The maximum atomic E-state index is 3.40. The highest BCUT2D eigenvalue weighted by Crippen LogP contribution is 2.50. The minimum atomic E-state index is 0.390. The molecule has 0 saturated heterocycles. The van der Waals surface area contributed by atoms with Crippen LogP contribution in [-0.4, -0.2) is 15.5 Å². The molecule has 0 aliphatic rings. The highest BCUT2D eigenvalue weighted by atomic mass is 31.0. The topological polar surface area (TPSA) is 0 Å². The van der Waals surface area contributed by atoms with Crippen LogP contribution in [0.3, 0.4) is 0 Å². The van der Waals surface area contributed by atoms with Crippen molar-refractivity contribution in [2.75, 3.05) is 0 Å². The summed E-state index contributed by atoms with van der Waals surface area (Å²) in [7, 11) is 10.1. The minimum absolute atomic E-state index is 0.390. The fraction of sp³-hybridized carbons (Fsp3) is 1.00. The highest BCUT2D eigenvalue weighted by Gasteiger charge is 2.39. The van der Waals surface area contributed by atoms with Gasteiger partial charge in [-0.25, -0.2) is 0 Å². The molecule has 0 heterocycles. The number of hydrogen-bond acceptors (Lipinski definition) is 0. The fourth-order valence-corrected chi connectivity index (χ4v) is 8.06. The summed E-state index contributed by atoms with van der Waals surface area (Å²) >= 11 is 0. The van der Waals surface area contributed by atoms with E-state index in [0.717, 1.165) is 0 Å². The second kappa shape index (κ2) is 15.1. The molecule has 0 bridgehead atoms. The van der Waals surface area contributed by atoms with E-state index in [9.17, 15) is 0 Å². The normalized spacial score (nSPS) is 13.3. The van der Waals surface area contributed by atoms with Crippen molar-refractivity contribution in [3.8, 4) is 0 Å². The van der Waals surface area contributed by atoms with Gasteiger partial charge in [0.1, 0.15) is 0 Å². The summed E-state index contributed by atoms with van der Waals surface area (Å²) in [4.78, 5) is 0. The molecule has 0 N–H and O–H groups in total. The molecule has 0 radical (unpaired) electrons. The first-order valence-electron chi connectivity index (χ1n) is 12.1. The largest absolute Gasteiger partial charge is 0.131 e. The second-order valence-electron chi connectivity index (χ2n) is 9.60. The summed E-state index contributed by atoms with van der Waals surface area (Å²) in [6.07, 6.45) is 21.6. The van der Waals surface area contributed by atoms with Gasteiger partial charge in [0, 0.05) is 0 Å². The quantitative estimate of drug-likeness (QED) is 0.189. The van der Waals surface area contributed by atoms with Crippen LogP contribution in [0.1, 0.15) is 137 Å². The van der Waals surface area contributed by atoms with Crippen molar-refractivity contribution in [3.63, 3.8) is 0 Å². The standard InChI is InChI=1S/C24H53P3/c1-6-11-16-22(25,17-12-7-2)20-24(27,15-10-5)21-23(26,18-13-8-3)19-14-9-4/h6-21,25-27H2,1-5H3.